The molecule has 1 heterocycles. The molecule has 2 unspecified atom stereocenters. The highest BCUT2D eigenvalue weighted by Gasteiger charge is 2.24. The Labute approximate surface area is 130 Å². The highest BCUT2D eigenvalue weighted by atomic mass is 16.6. The Morgan fingerprint density at radius 1 is 1.36 bits per heavy atom. The van der Waals surface area contributed by atoms with Crippen LogP contribution in [0.15, 0.2) is 54.8 Å². The molecule has 0 aliphatic carbocycles. The van der Waals surface area contributed by atoms with Crippen LogP contribution in [0, 0.1) is 11.8 Å². The average molecular weight is 297 g/mol. The third kappa shape index (κ3) is 4.14. The summed E-state index contributed by atoms with van der Waals surface area (Å²) in [6, 6.07) is 9.43. The number of benzene rings is 1. The average Bonchev–Trinajstić information content (AvgIpc) is 2.49. The van der Waals surface area contributed by atoms with Crippen LogP contribution in [0.25, 0.3) is 0 Å². The van der Waals surface area contributed by atoms with Gasteiger partial charge in [-0.2, -0.15) is 0 Å². The Morgan fingerprint density at radius 3 is 2.73 bits per heavy atom. The predicted octanol–water partition coefficient (Wildman–Crippen LogP) is 2.01. The minimum Gasteiger partial charge on any atom is -0.430 e. The number of rotatable bonds is 3. The van der Waals surface area contributed by atoms with Crippen molar-refractivity contribution in [3.63, 3.8) is 0 Å². The minimum atomic E-state index is -0.746. The van der Waals surface area contributed by atoms with Crippen LogP contribution in [-0.4, -0.2) is 22.7 Å². The van der Waals surface area contributed by atoms with E-state index in [-0.39, 0.29) is 0 Å². The molecule has 1 aliphatic heterocycles. The molecule has 2 atom stereocenters. The van der Waals surface area contributed by atoms with Crippen LogP contribution < -0.4 is 11.2 Å². The van der Waals surface area contributed by atoms with Crippen molar-refractivity contribution in [1.82, 2.24) is 5.01 Å². The van der Waals surface area contributed by atoms with Crippen molar-refractivity contribution in [2.75, 3.05) is 5.32 Å². The first-order valence-electron chi connectivity index (χ1n) is 6.91. The fourth-order valence-corrected chi connectivity index (χ4v) is 1.89. The number of esters is 1. The molecule has 3 N–H and O–H groups in total. The van der Waals surface area contributed by atoms with E-state index in [1.165, 1.54) is 11.9 Å². The molecular formula is C17H19N3O2. The molecule has 0 radical (unpaired) electrons. The fourth-order valence-electron chi connectivity index (χ4n) is 1.89. The molecule has 5 heteroatoms. The van der Waals surface area contributed by atoms with E-state index in [4.69, 9.17) is 10.6 Å². The summed E-state index contributed by atoms with van der Waals surface area (Å²) >= 11 is 0. The Bertz CT molecular complexity index is 643. The largest absolute Gasteiger partial charge is 0.430 e. The van der Waals surface area contributed by atoms with Gasteiger partial charge in [0.1, 0.15) is 5.54 Å². The molecule has 1 aliphatic rings. The standard InChI is InChI=1S/C17H19N3O2/c1-14(21)22-16(19-15-8-4-3-5-9-15)10-12-17(2)11-6-7-13-20(17)18/h3-9,11,13,16,19H,18H2,1-2H3. The van der Waals surface area contributed by atoms with E-state index in [9.17, 15) is 4.79 Å². The summed E-state index contributed by atoms with van der Waals surface area (Å²) in [6.07, 6.45) is 6.58. The molecule has 0 saturated carbocycles. The number of carbonyl (C=O) groups excluding carboxylic acids is 1. The van der Waals surface area contributed by atoms with Gasteiger partial charge in [-0.15, -0.1) is 0 Å². The molecule has 0 aromatic heterocycles. The maximum absolute atomic E-state index is 11.2. The molecule has 0 saturated heterocycles. The number of hydrogen-bond donors (Lipinski definition) is 2. The van der Waals surface area contributed by atoms with Gasteiger partial charge in [0.15, 0.2) is 0 Å². The third-order valence-corrected chi connectivity index (χ3v) is 3.13. The molecule has 114 valence electrons. The van der Waals surface area contributed by atoms with E-state index in [0.717, 1.165) is 5.69 Å². The summed E-state index contributed by atoms with van der Waals surface area (Å²) in [5, 5.41) is 4.57. The molecule has 5 nitrogen and oxygen atoms in total. The number of nitrogens with one attached hydrogen (secondary N) is 1. The van der Waals surface area contributed by atoms with Gasteiger partial charge in [0, 0.05) is 18.8 Å². The van der Waals surface area contributed by atoms with Crippen molar-refractivity contribution in [2.24, 2.45) is 5.84 Å². The molecular weight excluding hydrogens is 278 g/mol. The third-order valence-electron chi connectivity index (χ3n) is 3.13. The number of anilines is 1. The lowest BCUT2D eigenvalue weighted by molar-refractivity contribution is -0.142. The highest BCUT2D eigenvalue weighted by molar-refractivity contribution is 5.67. The van der Waals surface area contributed by atoms with Gasteiger partial charge in [-0.25, -0.2) is 5.84 Å². The van der Waals surface area contributed by atoms with E-state index in [1.807, 2.05) is 55.5 Å². The summed E-state index contributed by atoms with van der Waals surface area (Å²) in [6.45, 7) is 3.23. The number of ether oxygens (including phenoxy) is 1. The Morgan fingerprint density at radius 2 is 2.09 bits per heavy atom. The second kappa shape index (κ2) is 6.83. The zero-order chi connectivity index (χ0) is 16.0. The van der Waals surface area contributed by atoms with E-state index < -0.39 is 17.7 Å². The molecule has 0 bridgehead atoms. The first-order chi connectivity index (χ1) is 10.5. The fraction of sp³-hybridized carbons (Fsp3) is 0.235. The van der Waals surface area contributed by atoms with Gasteiger partial charge in [0.2, 0.25) is 6.23 Å². The predicted molar refractivity (Wildman–Crippen MR) is 86.1 cm³/mol. The van der Waals surface area contributed by atoms with Crippen molar-refractivity contribution in [3.05, 3.63) is 54.8 Å². The Hall–Kier alpha value is -2.71. The summed E-state index contributed by atoms with van der Waals surface area (Å²) in [5.41, 5.74) is 0.169. The molecule has 0 spiro atoms. The lowest BCUT2D eigenvalue weighted by Gasteiger charge is -2.31. The van der Waals surface area contributed by atoms with Crippen molar-refractivity contribution in [1.29, 1.82) is 0 Å². The first-order valence-corrected chi connectivity index (χ1v) is 6.91. The smallest absolute Gasteiger partial charge is 0.305 e. The molecule has 1 aromatic rings. The van der Waals surface area contributed by atoms with Gasteiger partial charge in [-0.3, -0.25) is 9.80 Å². The summed E-state index contributed by atoms with van der Waals surface area (Å²) < 4.78 is 5.20. The number of hydrazine groups is 1. The van der Waals surface area contributed by atoms with E-state index in [2.05, 4.69) is 17.2 Å². The van der Waals surface area contributed by atoms with Crippen LogP contribution in [0.3, 0.4) is 0 Å². The monoisotopic (exact) mass is 297 g/mol. The van der Waals surface area contributed by atoms with Crippen LogP contribution in [0.1, 0.15) is 13.8 Å². The van der Waals surface area contributed by atoms with E-state index in [1.54, 1.807) is 6.20 Å². The van der Waals surface area contributed by atoms with Gasteiger partial charge in [-0.05, 0) is 37.1 Å². The lowest BCUT2D eigenvalue weighted by Crippen LogP contribution is -2.46. The van der Waals surface area contributed by atoms with Crippen molar-refractivity contribution in [2.45, 2.75) is 25.6 Å². The van der Waals surface area contributed by atoms with Crippen LogP contribution in [0.4, 0.5) is 5.69 Å². The van der Waals surface area contributed by atoms with Gasteiger partial charge < -0.3 is 10.1 Å². The van der Waals surface area contributed by atoms with Gasteiger partial charge in [-0.1, -0.05) is 30.2 Å². The normalized spacial score (nSPS) is 20.8. The Kier molecular flexibility index (Phi) is 4.87. The summed E-state index contributed by atoms with van der Waals surface area (Å²) in [7, 11) is 0. The van der Waals surface area contributed by atoms with E-state index in [0.29, 0.717) is 0 Å². The van der Waals surface area contributed by atoms with Gasteiger partial charge >= 0.3 is 5.97 Å². The lowest BCUT2D eigenvalue weighted by atomic mass is 10.00. The molecule has 1 aromatic carbocycles. The van der Waals surface area contributed by atoms with Crippen LogP contribution in [-0.2, 0) is 9.53 Å². The molecule has 0 fully saturated rings. The maximum atomic E-state index is 11.2. The topological polar surface area (TPSA) is 67.6 Å². The zero-order valence-electron chi connectivity index (χ0n) is 12.6. The number of nitrogens with zero attached hydrogens (tertiary/aromatic N) is 1. The minimum absolute atomic E-state index is 0.406. The number of carbonyl (C=O) groups is 1. The zero-order valence-corrected chi connectivity index (χ0v) is 12.6. The first kappa shape index (κ1) is 15.7. The van der Waals surface area contributed by atoms with Gasteiger partial charge in [0.05, 0.1) is 0 Å². The maximum Gasteiger partial charge on any atom is 0.305 e. The van der Waals surface area contributed by atoms with Crippen molar-refractivity contribution < 1.29 is 9.53 Å². The second-order valence-electron chi connectivity index (χ2n) is 5.02. The summed E-state index contributed by atoms with van der Waals surface area (Å²) in [5.74, 6) is 11.5. The number of para-hydroxylation sites is 1. The summed E-state index contributed by atoms with van der Waals surface area (Å²) in [4.78, 5) is 11.2. The number of nitrogens with two attached hydrogens (primary N) is 1. The van der Waals surface area contributed by atoms with Crippen LogP contribution in [0.2, 0.25) is 0 Å². The SMILES string of the molecule is CC(=O)OC(C#CC1(C)C=CC=CN1N)Nc1ccccc1. The number of allylic oxidation sites excluding steroid dienone is 2. The highest BCUT2D eigenvalue weighted by Crippen LogP contribution is 2.17. The molecule has 22 heavy (non-hydrogen) atoms. The number of hydrogen-bond acceptors (Lipinski definition) is 5. The van der Waals surface area contributed by atoms with Crippen molar-refractivity contribution >= 4 is 11.7 Å². The molecule has 2 rings (SSSR count). The van der Waals surface area contributed by atoms with Crippen LogP contribution >= 0.6 is 0 Å². The second-order valence-corrected chi connectivity index (χ2v) is 5.02. The van der Waals surface area contributed by atoms with Crippen molar-refractivity contribution in [3.8, 4) is 11.8 Å². The molecule has 0 amide bonds. The van der Waals surface area contributed by atoms with E-state index >= 15 is 0 Å². The van der Waals surface area contributed by atoms with Crippen LogP contribution in [0.5, 0.6) is 0 Å². The van der Waals surface area contributed by atoms with Gasteiger partial charge in [0.25, 0.3) is 0 Å². The Balaban J connectivity index is 2.17. The quantitative estimate of drug-likeness (QED) is 0.387.